The fraction of sp³-hybridized carbons (Fsp3) is 0.529. The van der Waals surface area contributed by atoms with Gasteiger partial charge in [0.2, 0.25) is 0 Å². The lowest BCUT2D eigenvalue weighted by Crippen LogP contribution is -2.74. The highest BCUT2D eigenvalue weighted by Crippen LogP contribution is 2.64. The third kappa shape index (κ3) is 4.58. The summed E-state index contributed by atoms with van der Waals surface area (Å²) in [6.07, 6.45) is -9.07. The quantitative estimate of drug-likeness (QED) is 0.257. The molecule has 0 bridgehead atoms. The predicted molar refractivity (Wildman–Crippen MR) is 88.6 cm³/mol. The Morgan fingerprint density at radius 1 is 0.571 bits per heavy atom. The van der Waals surface area contributed by atoms with Gasteiger partial charge in [0.15, 0.2) is 0 Å². The van der Waals surface area contributed by atoms with Crippen molar-refractivity contribution in [3.63, 3.8) is 0 Å². The number of hydrogen-bond acceptors (Lipinski definition) is 0. The van der Waals surface area contributed by atoms with E-state index in [0.29, 0.717) is 4.47 Å². The Labute approximate surface area is 191 Å². The standard InChI is InChI=1S/C17H8BrF17/c1-7-6-8(2-3-9(7)18)4-5-10(19,20)11(21,22)12(23,24)13(25,26)14(27,28)15(29,30)16(31,32)17(33,34)35/h2-6H,1H3/b5-4+. The van der Waals surface area contributed by atoms with Gasteiger partial charge in [0, 0.05) is 4.47 Å². The Hall–Kier alpha value is -1.75. The Morgan fingerprint density at radius 2 is 0.943 bits per heavy atom. The van der Waals surface area contributed by atoms with Crippen LogP contribution >= 0.6 is 15.9 Å². The average Bonchev–Trinajstić information content (AvgIpc) is 2.67. The Bertz CT molecular complexity index is 958. The van der Waals surface area contributed by atoms with Crippen molar-refractivity contribution < 1.29 is 74.6 Å². The SMILES string of the molecule is Cc1cc(/C=C/C(F)(F)C(F)(F)C(F)(F)C(F)(F)C(F)(F)C(F)(F)C(F)(F)C(F)(F)F)ccc1Br. The van der Waals surface area contributed by atoms with E-state index in [0.717, 1.165) is 18.2 Å². The summed E-state index contributed by atoms with van der Waals surface area (Å²) in [5.41, 5.74) is -0.246. The molecule has 0 aromatic heterocycles. The molecule has 0 nitrogen and oxygen atoms in total. The van der Waals surface area contributed by atoms with Crippen LogP contribution < -0.4 is 0 Å². The molecule has 0 fully saturated rings. The zero-order chi connectivity index (χ0) is 28.3. The molecule has 202 valence electrons. The molecule has 0 saturated heterocycles. The van der Waals surface area contributed by atoms with Gasteiger partial charge in [-0.25, -0.2) is 0 Å². The van der Waals surface area contributed by atoms with Crippen LogP contribution in [0.1, 0.15) is 11.1 Å². The number of allylic oxidation sites excluding steroid dienone is 1. The van der Waals surface area contributed by atoms with Gasteiger partial charge in [-0.2, -0.15) is 74.6 Å². The van der Waals surface area contributed by atoms with Crippen molar-refractivity contribution in [2.75, 3.05) is 0 Å². The predicted octanol–water partition coefficient (Wildman–Crippen LogP) is 8.78. The van der Waals surface area contributed by atoms with Crippen molar-refractivity contribution >= 4 is 22.0 Å². The molecule has 0 atom stereocenters. The van der Waals surface area contributed by atoms with E-state index < -0.39 is 59.3 Å². The molecule has 1 rings (SSSR count). The van der Waals surface area contributed by atoms with Gasteiger partial charge >= 0.3 is 47.6 Å². The third-order valence-corrected chi connectivity index (χ3v) is 5.30. The highest BCUT2D eigenvalue weighted by molar-refractivity contribution is 9.10. The summed E-state index contributed by atoms with van der Waals surface area (Å²) in [7, 11) is 0. The van der Waals surface area contributed by atoms with E-state index in [2.05, 4.69) is 15.9 Å². The molecule has 0 saturated carbocycles. The second-order valence-electron chi connectivity index (χ2n) is 6.91. The first-order valence-corrected chi connectivity index (χ1v) is 9.09. The van der Waals surface area contributed by atoms with E-state index in [1.807, 2.05) is 0 Å². The molecule has 0 spiro atoms. The van der Waals surface area contributed by atoms with Crippen LogP contribution in [0.25, 0.3) is 6.08 Å². The van der Waals surface area contributed by atoms with Crippen molar-refractivity contribution in [1.29, 1.82) is 0 Å². The van der Waals surface area contributed by atoms with Crippen LogP contribution in [0, 0.1) is 6.92 Å². The lowest BCUT2D eigenvalue weighted by atomic mass is 9.89. The van der Waals surface area contributed by atoms with Gasteiger partial charge in [-0.15, -0.1) is 0 Å². The average molecular weight is 615 g/mol. The molecular weight excluding hydrogens is 607 g/mol. The van der Waals surface area contributed by atoms with E-state index >= 15 is 0 Å². The van der Waals surface area contributed by atoms with Crippen LogP contribution in [0.2, 0.25) is 0 Å². The minimum Gasteiger partial charge on any atom is -0.195 e. The van der Waals surface area contributed by atoms with Gasteiger partial charge in [-0.3, -0.25) is 0 Å². The lowest BCUT2D eigenvalue weighted by Gasteiger charge is -2.42. The topological polar surface area (TPSA) is 0 Å². The number of hydrogen-bond donors (Lipinski definition) is 0. The molecule has 0 N–H and O–H groups in total. The summed E-state index contributed by atoms with van der Waals surface area (Å²) < 4.78 is 224. The number of alkyl halides is 17. The van der Waals surface area contributed by atoms with E-state index in [1.165, 1.54) is 6.92 Å². The fourth-order valence-electron chi connectivity index (χ4n) is 2.25. The highest BCUT2D eigenvalue weighted by Gasteiger charge is 2.95. The second kappa shape index (κ2) is 8.68. The molecule has 1 aromatic carbocycles. The number of aryl methyl sites for hydroxylation is 1. The van der Waals surface area contributed by atoms with Gasteiger partial charge in [0.25, 0.3) is 0 Å². The summed E-state index contributed by atoms with van der Waals surface area (Å²) in [6, 6.07) is 2.93. The first-order valence-electron chi connectivity index (χ1n) is 8.30. The van der Waals surface area contributed by atoms with E-state index in [-0.39, 0.29) is 11.6 Å². The van der Waals surface area contributed by atoms with Crippen LogP contribution in [0.4, 0.5) is 74.6 Å². The maximum atomic E-state index is 13.8. The molecule has 0 unspecified atom stereocenters. The largest absolute Gasteiger partial charge is 0.460 e. The zero-order valence-electron chi connectivity index (χ0n) is 16.2. The van der Waals surface area contributed by atoms with Crippen LogP contribution in [-0.4, -0.2) is 47.6 Å². The number of benzene rings is 1. The van der Waals surface area contributed by atoms with E-state index in [9.17, 15) is 74.6 Å². The van der Waals surface area contributed by atoms with E-state index in [4.69, 9.17) is 0 Å². The molecule has 0 aliphatic carbocycles. The van der Waals surface area contributed by atoms with Gasteiger partial charge < -0.3 is 0 Å². The van der Waals surface area contributed by atoms with Crippen molar-refractivity contribution in [3.05, 3.63) is 39.9 Å². The summed E-state index contributed by atoms with van der Waals surface area (Å²) >= 11 is 2.93. The zero-order valence-corrected chi connectivity index (χ0v) is 17.8. The molecule has 1 aromatic rings. The first kappa shape index (κ1) is 31.3. The van der Waals surface area contributed by atoms with Crippen LogP contribution in [-0.2, 0) is 0 Å². The summed E-state index contributed by atoms with van der Waals surface area (Å²) in [5.74, 6) is -56.5. The molecule has 0 aliphatic rings. The molecular formula is C17H8BrF17. The molecule has 0 amide bonds. The first-order chi connectivity index (χ1) is 15.1. The summed E-state index contributed by atoms with van der Waals surface area (Å²) in [4.78, 5) is 0. The normalized spacial score (nSPS) is 15.7. The Kier molecular flexibility index (Phi) is 7.75. The van der Waals surface area contributed by atoms with Gasteiger partial charge in [-0.05, 0) is 30.2 Å². The van der Waals surface area contributed by atoms with Gasteiger partial charge in [0.1, 0.15) is 0 Å². The fourth-order valence-corrected chi connectivity index (χ4v) is 2.50. The van der Waals surface area contributed by atoms with Gasteiger partial charge in [-0.1, -0.05) is 34.1 Å². The van der Waals surface area contributed by atoms with Crippen molar-refractivity contribution in [2.24, 2.45) is 0 Å². The summed E-state index contributed by atoms with van der Waals surface area (Å²) in [6.45, 7) is 1.31. The van der Waals surface area contributed by atoms with E-state index in [1.54, 1.807) is 0 Å². The summed E-state index contributed by atoms with van der Waals surface area (Å²) in [5, 5.41) is 0. The van der Waals surface area contributed by atoms with Crippen molar-refractivity contribution in [2.45, 2.75) is 54.6 Å². The molecule has 0 aliphatic heterocycles. The third-order valence-electron chi connectivity index (χ3n) is 4.41. The lowest BCUT2D eigenvalue weighted by molar-refractivity contribution is -0.459. The smallest absolute Gasteiger partial charge is 0.195 e. The maximum Gasteiger partial charge on any atom is 0.460 e. The Balaban J connectivity index is 3.59. The maximum absolute atomic E-state index is 13.8. The second-order valence-corrected chi connectivity index (χ2v) is 7.76. The van der Waals surface area contributed by atoms with Crippen LogP contribution in [0.15, 0.2) is 28.7 Å². The Morgan fingerprint density at radius 3 is 1.31 bits per heavy atom. The minimum absolute atomic E-state index is 0.0911. The van der Waals surface area contributed by atoms with Crippen LogP contribution in [0.3, 0.4) is 0 Å². The molecule has 18 heteroatoms. The minimum atomic E-state index is -8.63. The molecule has 35 heavy (non-hydrogen) atoms. The number of halogens is 18. The van der Waals surface area contributed by atoms with Crippen molar-refractivity contribution in [3.8, 4) is 0 Å². The van der Waals surface area contributed by atoms with Gasteiger partial charge in [0.05, 0.1) is 0 Å². The molecule has 0 heterocycles. The number of rotatable bonds is 8. The van der Waals surface area contributed by atoms with Crippen molar-refractivity contribution in [1.82, 2.24) is 0 Å². The monoisotopic (exact) mass is 614 g/mol. The molecule has 0 radical (unpaired) electrons. The van der Waals surface area contributed by atoms with Crippen LogP contribution in [0.5, 0.6) is 0 Å². The highest BCUT2D eigenvalue weighted by atomic mass is 79.9.